The topological polar surface area (TPSA) is 66.2 Å². The number of amides is 1. The number of hydrogen-bond acceptors (Lipinski definition) is 6. The Hall–Kier alpha value is -1.86. The van der Waals surface area contributed by atoms with Gasteiger partial charge in [0.15, 0.2) is 0 Å². The maximum atomic E-state index is 12.3. The van der Waals surface area contributed by atoms with Gasteiger partial charge in [0.25, 0.3) is 0 Å². The number of methoxy groups -OCH3 is 1. The third-order valence-electron chi connectivity index (χ3n) is 4.96. The summed E-state index contributed by atoms with van der Waals surface area (Å²) in [6, 6.07) is 3.47. The zero-order chi connectivity index (χ0) is 17.6. The van der Waals surface area contributed by atoms with Crippen LogP contribution in [0, 0.1) is 0 Å². The van der Waals surface area contributed by atoms with E-state index < -0.39 is 5.97 Å². The van der Waals surface area contributed by atoms with E-state index in [1.807, 2.05) is 11.0 Å². The highest BCUT2D eigenvalue weighted by atomic mass is 16.5. The highest BCUT2D eigenvalue weighted by molar-refractivity contribution is 5.86. The number of ether oxygens (including phenoxy) is 1. The second kappa shape index (κ2) is 8.49. The SMILES string of the molecule is COC(=O)c1ccc(CN2CCN(CC(=O)N3CCCCC3)CC2)o1. The van der Waals surface area contributed by atoms with Gasteiger partial charge in [-0.2, -0.15) is 0 Å². The van der Waals surface area contributed by atoms with E-state index in [2.05, 4.69) is 14.5 Å². The summed E-state index contributed by atoms with van der Waals surface area (Å²) in [4.78, 5) is 30.3. The van der Waals surface area contributed by atoms with Gasteiger partial charge in [0.2, 0.25) is 11.7 Å². The van der Waals surface area contributed by atoms with Crippen LogP contribution < -0.4 is 0 Å². The molecule has 1 aromatic rings. The second-order valence-electron chi connectivity index (χ2n) is 6.75. The Morgan fingerprint density at radius 2 is 1.68 bits per heavy atom. The first kappa shape index (κ1) is 17.9. The Labute approximate surface area is 148 Å². The summed E-state index contributed by atoms with van der Waals surface area (Å²) < 4.78 is 10.2. The maximum Gasteiger partial charge on any atom is 0.373 e. The summed E-state index contributed by atoms with van der Waals surface area (Å²) in [6.07, 6.45) is 3.51. The van der Waals surface area contributed by atoms with Crippen LogP contribution in [0.3, 0.4) is 0 Å². The quantitative estimate of drug-likeness (QED) is 0.744. The van der Waals surface area contributed by atoms with Crippen LogP contribution in [0.1, 0.15) is 35.6 Å². The van der Waals surface area contributed by atoms with Gasteiger partial charge >= 0.3 is 5.97 Å². The van der Waals surface area contributed by atoms with E-state index in [4.69, 9.17) is 4.42 Å². The van der Waals surface area contributed by atoms with Crippen LogP contribution in [0.5, 0.6) is 0 Å². The third kappa shape index (κ3) is 4.83. The molecule has 3 heterocycles. The van der Waals surface area contributed by atoms with E-state index >= 15 is 0 Å². The number of carbonyl (C=O) groups excluding carboxylic acids is 2. The number of furan rings is 1. The molecular formula is C18H27N3O4. The molecule has 1 amide bonds. The number of likely N-dealkylation sites (tertiary alicyclic amines) is 1. The van der Waals surface area contributed by atoms with Crippen molar-refractivity contribution < 1.29 is 18.7 Å². The van der Waals surface area contributed by atoms with E-state index in [-0.39, 0.29) is 11.7 Å². The standard InChI is InChI=1S/C18H27N3O4/c1-24-18(23)16-6-5-15(25-16)13-19-9-11-20(12-10-19)14-17(22)21-7-3-2-4-8-21/h5-6H,2-4,7-14H2,1H3. The van der Waals surface area contributed by atoms with Crippen molar-refractivity contribution in [1.82, 2.24) is 14.7 Å². The molecular weight excluding hydrogens is 322 g/mol. The van der Waals surface area contributed by atoms with Crippen LogP contribution >= 0.6 is 0 Å². The molecule has 0 aliphatic carbocycles. The Morgan fingerprint density at radius 3 is 2.36 bits per heavy atom. The summed E-state index contributed by atoms with van der Waals surface area (Å²) in [5.74, 6) is 0.815. The summed E-state index contributed by atoms with van der Waals surface area (Å²) >= 11 is 0. The minimum Gasteiger partial charge on any atom is -0.463 e. The second-order valence-corrected chi connectivity index (χ2v) is 6.75. The molecule has 138 valence electrons. The molecule has 0 saturated carbocycles. The van der Waals surface area contributed by atoms with Gasteiger partial charge in [-0.25, -0.2) is 4.79 Å². The molecule has 0 N–H and O–H groups in total. The molecule has 0 aromatic carbocycles. The molecule has 0 unspecified atom stereocenters. The van der Waals surface area contributed by atoms with Crippen molar-refractivity contribution in [2.75, 3.05) is 52.9 Å². The van der Waals surface area contributed by atoms with Crippen molar-refractivity contribution in [3.8, 4) is 0 Å². The van der Waals surface area contributed by atoms with Gasteiger partial charge in [-0.3, -0.25) is 14.6 Å². The molecule has 2 fully saturated rings. The van der Waals surface area contributed by atoms with E-state index in [0.29, 0.717) is 13.1 Å². The lowest BCUT2D eigenvalue weighted by Gasteiger charge is -2.35. The fourth-order valence-electron chi connectivity index (χ4n) is 3.43. The zero-order valence-electron chi connectivity index (χ0n) is 14.9. The number of piperazine rings is 1. The van der Waals surface area contributed by atoms with E-state index in [0.717, 1.165) is 57.9 Å². The normalized spacial score (nSPS) is 19.8. The van der Waals surface area contributed by atoms with E-state index in [1.165, 1.54) is 13.5 Å². The highest BCUT2D eigenvalue weighted by Crippen LogP contribution is 2.14. The van der Waals surface area contributed by atoms with Crippen LogP contribution in [-0.4, -0.2) is 79.5 Å². The average Bonchev–Trinajstić information content (AvgIpc) is 3.12. The van der Waals surface area contributed by atoms with Crippen molar-refractivity contribution in [2.24, 2.45) is 0 Å². The molecule has 0 bridgehead atoms. The van der Waals surface area contributed by atoms with Crippen molar-refractivity contribution in [3.05, 3.63) is 23.7 Å². The zero-order valence-corrected chi connectivity index (χ0v) is 14.9. The minimum atomic E-state index is -0.452. The number of carbonyl (C=O) groups is 2. The largest absolute Gasteiger partial charge is 0.463 e. The number of nitrogens with zero attached hydrogens (tertiary/aromatic N) is 3. The first-order valence-corrected chi connectivity index (χ1v) is 9.05. The van der Waals surface area contributed by atoms with Gasteiger partial charge in [0, 0.05) is 39.3 Å². The lowest BCUT2D eigenvalue weighted by molar-refractivity contribution is -0.133. The number of piperidine rings is 1. The summed E-state index contributed by atoms with van der Waals surface area (Å²) in [5.41, 5.74) is 0. The van der Waals surface area contributed by atoms with Crippen molar-refractivity contribution in [3.63, 3.8) is 0 Å². The summed E-state index contributed by atoms with van der Waals surface area (Å²) in [6.45, 7) is 6.57. The summed E-state index contributed by atoms with van der Waals surface area (Å²) in [5, 5.41) is 0. The Kier molecular flexibility index (Phi) is 6.09. The van der Waals surface area contributed by atoms with Gasteiger partial charge in [-0.1, -0.05) is 0 Å². The molecule has 25 heavy (non-hydrogen) atoms. The maximum absolute atomic E-state index is 12.3. The smallest absolute Gasteiger partial charge is 0.373 e. The molecule has 2 saturated heterocycles. The minimum absolute atomic E-state index is 0.239. The van der Waals surface area contributed by atoms with Crippen LogP contribution in [0.2, 0.25) is 0 Å². The van der Waals surface area contributed by atoms with Crippen LogP contribution in [0.25, 0.3) is 0 Å². The van der Waals surface area contributed by atoms with Gasteiger partial charge in [0.1, 0.15) is 5.76 Å². The predicted molar refractivity (Wildman–Crippen MR) is 92.2 cm³/mol. The Balaban J connectivity index is 1.41. The average molecular weight is 349 g/mol. The molecule has 7 heteroatoms. The molecule has 1 aromatic heterocycles. The lowest BCUT2D eigenvalue weighted by Crippen LogP contribution is -2.50. The van der Waals surface area contributed by atoms with Gasteiger partial charge < -0.3 is 14.1 Å². The fraction of sp³-hybridized carbons (Fsp3) is 0.667. The number of hydrogen-bond donors (Lipinski definition) is 0. The van der Waals surface area contributed by atoms with Crippen molar-refractivity contribution >= 4 is 11.9 Å². The molecule has 0 radical (unpaired) electrons. The predicted octanol–water partition coefficient (Wildman–Crippen LogP) is 1.20. The molecule has 3 rings (SSSR count). The van der Waals surface area contributed by atoms with Gasteiger partial charge in [-0.05, 0) is 31.4 Å². The first-order valence-electron chi connectivity index (χ1n) is 9.05. The monoisotopic (exact) mass is 349 g/mol. The molecule has 2 aliphatic heterocycles. The molecule has 2 aliphatic rings. The fourth-order valence-corrected chi connectivity index (χ4v) is 3.43. The third-order valence-corrected chi connectivity index (χ3v) is 4.96. The molecule has 7 nitrogen and oxygen atoms in total. The van der Waals surface area contributed by atoms with E-state index in [9.17, 15) is 9.59 Å². The van der Waals surface area contributed by atoms with Crippen LogP contribution in [-0.2, 0) is 16.1 Å². The summed E-state index contributed by atoms with van der Waals surface area (Å²) in [7, 11) is 1.34. The highest BCUT2D eigenvalue weighted by Gasteiger charge is 2.23. The molecule has 0 atom stereocenters. The van der Waals surface area contributed by atoms with Crippen LogP contribution in [0.4, 0.5) is 0 Å². The number of esters is 1. The number of rotatable bonds is 5. The lowest BCUT2D eigenvalue weighted by atomic mass is 10.1. The Morgan fingerprint density at radius 1 is 1.00 bits per heavy atom. The molecule has 0 spiro atoms. The van der Waals surface area contributed by atoms with Crippen LogP contribution in [0.15, 0.2) is 16.5 Å². The van der Waals surface area contributed by atoms with Crippen molar-refractivity contribution in [1.29, 1.82) is 0 Å². The van der Waals surface area contributed by atoms with E-state index in [1.54, 1.807) is 6.07 Å². The van der Waals surface area contributed by atoms with Gasteiger partial charge in [0.05, 0.1) is 20.2 Å². The van der Waals surface area contributed by atoms with Crippen molar-refractivity contribution in [2.45, 2.75) is 25.8 Å². The Bertz CT molecular complexity index is 587. The van der Waals surface area contributed by atoms with Gasteiger partial charge in [-0.15, -0.1) is 0 Å². The first-order chi connectivity index (χ1) is 12.2.